The van der Waals surface area contributed by atoms with E-state index >= 15 is 0 Å². The van der Waals surface area contributed by atoms with Crippen molar-refractivity contribution < 1.29 is 19.1 Å². The molecule has 0 aromatic heterocycles. The number of carbonyl (C=O) groups is 3. The summed E-state index contributed by atoms with van der Waals surface area (Å²) in [5.74, 6) is -0.292. The molecule has 6 nitrogen and oxygen atoms in total. The number of amides is 3. The van der Waals surface area contributed by atoms with Crippen LogP contribution in [0, 0.1) is 7.14 Å². The zero-order valence-electron chi connectivity index (χ0n) is 14.6. The van der Waals surface area contributed by atoms with E-state index in [1.165, 1.54) is 0 Å². The van der Waals surface area contributed by atoms with Crippen LogP contribution in [-0.2, 0) is 9.59 Å². The predicted molar refractivity (Wildman–Crippen MR) is 126 cm³/mol. The third-order valence-electron chi connectivity index (χ3n) is 3.76. The summed E-state index contributed by atoms with van der Waals surface area (Å²) in [6.07, 6.45) is 1.63. The Kier molecular flexibility index (Phi) is 6.99. The smallest absolute Gasteiger partial charge is 0.294 e. The Bertz CT molecular complexity index is 979. The topological polar surface area (TPSA) is 75.7 Å². The number of benzene rings is 2. The van der Waals surface area contributed by atoms with Crippen LogP contribution in [0.5, 0.6) is 5.75 Å². The first-order chi connectivity index (χ1) is 13.4. The normalized spacial score (nSPS) is 15.2. The van der Waals surface area contributed by atoms with Crippen molar-refractivity contribution in [3.8, 4) is 5.75 Å². The maximum Gasteiger partial charge on any atom is 0.294 e. The Balaban J connectivity index is 1.78. The number of ether oxygens (including phenoxy) is 1. The Morgan fingerprint density at radius 1 is 1.21 bits per heavy atom. The van der Waals surface area contributed by atoms with Gasteiger partial charge in [-0.05, 0) is 87.3 Å². The van der Waals surface area contributed by atoms with Crippen molar-refractivity contribution in [1.82, 2.24) is 4.90 Å². The summed E-state index contributed by atoms with van der Waals surface area (Å²) >= 11 is 5.15. The molecule has 1 saturated heterocycles. The first-order valence-electron chi connectivity index (χ1n) is 8.02. The highest BCUT2D eigenvalue weighted by molar-refractivity contribution is 14.1. The van der Waals surface area contributed by atoms with E-state index in [0.717, 1.165) is 23.8 Å². The summed E-state index contributed by atoms with van der Waals surface area (Å²) < 4.78 is 7.31. The van der Waals surface area contributed by atoms with Gasteiger partial charge in [0.25, 0.3) is 11.1 Å². The van der Waals surface area contributed by atoms with Gasteiger partial charge in [-0.3, -0.25) is 19.3 Å². The van der Waals surface area contributed by atoms with Crippen molar-refractivity contribution in [2.75, 3.05) is 19.0 Å². The number of hydrogen-bond acceptors (Lipinski definition) is 5. The molecule has 1 fully saturated rings. The summed E-state index contributed by atoms with van der Waals surface area (Å²) in [5.41, 5.74) is 1.31. The lowest BCUT2D eigenvalue weighted by Gasteiger charge is -2.12. The van der Waals surface area contributed by atoms with Crippen molar-refractivity contribution in [1.29, 1.82) is 0 Å². The van der Waals surface area contributed by atoms with Crippen LogP contribution in [0.15, 0.2) is 47.4 Å². The van der Waals surface area contributed by atoms with Crippen molar-refractivity contribution in [2.24, 2.45) is 0 Å². The summed E-state index contributed by atoms with van der Waals surface area (Å²) in [7, 11) is 1.56. The number of anilines is 1. The summed E-state index contributed by atoms with van der Waals surface area (Å²) in [6.45, 7) is -0.335. The molecule has 1 aliphatic rings. The number of rotatable bonds is 5. The van der Waals surface area contributed by atoms with Crippen molar-refractivity contribution in [2.45, 2.75) is 0 Å². The molecule has 2 aromatic carbocycles. The third-order valence-corrected chi connectivity index (χ3v) is 6.09. The SMILES string of the molecule is COc1c(I)cc(I)cc1/C=C1/SC(=O)N(CC(=O)Nc2ccccc2)C1=O. The van der Waals surface area contributed by atoms with Crippen molar-refractivity contribution in [3.63, 3.8) is 0 Å². The third kappa shape index (κ3) is 4.87. The fourth-order valence-electron chi connectivity index (χ4n) is 2.55. The molecule has 28 heavy (non-hydrogen) atoms. The minimum absolute atomic E-state index is 0.258. The fourth-order valence-corrected chi connectivity index (χ4v) is 5.49. The van der Waals surface area contributed by atoms with Gasteiger partial charge in [0.05, 0.1) is 15.6 Å². The van der Waals surface area contributed by atoms with Gasteiger partial charge in [0.1, 0.15) is 12.3 Å². The van der Waals surface area contributed by atoms with Gasteiger partial charge >= 0.3 is 0 Å². The molecule has 0 radical (unpaired) electrons. The molecule has 9 heteroatoms. The largest absolute Gasteiger partial charge is 0.495 e. The second-order valence-corrected chi connectivity index (χ2v) is 9.09. The highest BCUT2D eigenvalue weighted by Gasteiger charge is 2.36. The molecule has 144 valence electrons. The maximum atomic E-state index is 12.7. The monoisotopic (exact) mass is 620 g/mol. The van der Waals surface area contributed by atoms with Crippen LogP contribution in [0.25, 0.3) is 6.08 Å². The lowest BCUT2D eigenvalue weighted by molar-refractivity contribution is -0.127. The predicted octanol–water partition coefficient (Wildman–Crippen LogP) is 4.58. The molecule has 1 aliphatic heterocycles. The van der Waals surface area contributed by atoms with Crippen LogP contribution >= 0.6 is 56.9 Å². The molecule has 2 aromatic rings. The van der Waals surface area contributed by atoms with E-state index in [9.17, 15) is 14.4 Å². The molecule has 1 heterocycles. The number of methoxy groups -OCH3 is 1. The zero-order chi connectivity index (χ0) is 20.3. The minimum atomic E-state index is -0.492. The molecule has 0 saturated carbocycles. The standard InChI is InChI=1S/C19H14I2N2O4S/c1-27-17-11(7-12(20)9-14(17)21)8-15-18(25)23(19(26)28-15)10-16(24)22-13-5-3-2-4-6-13/h2-9H,10H2,1H3,(H,22,24)/b15-8+. The van der Waals surface area contributed by atoms with Crippen molar-refractivity contribution >= 4 is 85.8 Å². The molecule has 0 aliphatic carbocycles. The van der Waals surface area contributed by atoms with Gasteiger partial charge in [0, 0.05) is 14.8 Å². The molecular formula is C19H14I2N2O4S. The zero-order valence-corrected chi connectivity index (χ0v) is 19.7. The molecule has 0 atom stereocenters. The number of thioether (sulfide) groups is 1. The average molecular weight is 620 g/mol. The van der Waals surface area contributed by atoms with E-state index in [0.29, 0.717) is 17.0 Å². The molecule has 0 spiro atoms. The van der Waals surface area contributed by atoms with E-state index in [2.05, 4.69) is 50.5 Å². The highest BCUT2D eigenvalue weighted by Crippen LogP contribution is 2.36. The number of halogens is 2. The summed E-state index contributed by atoms with van der Waals surface area (Å²) in [6, 6.07) is 12.7. The van der Waals surface area contributed by atoms with Gasteiger partial charge in [-0.2, -0.15) is 0 Å². The Morgan fingerprint density at radius 2 is 1.93 bits per heavy atom. The van der Waals surface area contributed by atoms with E-state index in [-0.39, 0.29) is 11.4 Å². The summed E-state index contributed by atoms with van der Waals surface area (Å²) in [5, 5.41) is 2.20. The molecule has 0 bridgehead atoms. The molecule has 3 amide bonds. The Hall–Kier alpha value is -1.60. The van der Waals surface area contributed by atoms with Gasteiger partial charge < -0.3 is 10.1 Å². The first kappa shape index (κ1) is 21.1. The van der Waals surface area contributed by atoms with Crippen LogP contribution in [0.1, 0.15) is 5.56 Å². The van der Waals surface area contributed by atoms with Crippen LogP contribution < -0.4 is 10.1 Å². The van der Waals surface area contributed by atoms with Gasteiger partial charge in [-0.1, -0.05) is 18.2 Å². The quantitative estimate of drug-likeness (QED) is 0.392. The Labute approximate surface area is 193 Å². The van der Waals surface area contributed by atoms with Gasteiger partial charge in [0.2, 0.25) is 5.91 Å². The fraction of sp³-hybridized carbons (Fsp3) is 0.105. The molecular weight excluding hydrogens is 606 g/mol. The Morgan fingerprint density at radius 3 is 2.61 bits per heavy atom. The van der Waals surface area contributed by atoms with Crippen LogP contribution in [0.2, 0.25) is 0 Å². The highest BCUT2D eigenvalue weighted by atomic mass is 127. The number of carbonyl (C=O) groups excluding carboxylic acids is 3. The van der Waals surface area contributed by atoms with Crippen molar-refractivity contribution in [3.05, 3.63) is 60.1 Å². The van der Waals surface area contributed by atoms with E-state index in [4.69, 9.17) is 4.74 Å². The van der Waals surface area contributed by atoms with E-state index in [1.807, 2.05) is 18.2 Å². The lowest BCUT2D eigenvalue weighted by Crippen LogP contribution is -2.36. The maximum absolute atomic E-state index is 12.7. The summed E-state index contributed by atoms with van der Waals surface area (Å²) in [4.78, 5) is 38.4. The first-order valence-corrected chi connectivity index (χ1v) is 11.0. The van der Waals surface area contributed by atoms with Gasteiger partial charge in [0.15, 0.2) is 0 Å². The number of hydrogen-bond donors (Lipinski definition) is 1. The van der Waals surface area contributed by atoms with E-state index in [1.54, 1.807) is 37.5 Å². The van der Waals surface area contributed by atoms with Gasteiger partial charge in [-0.15, -0.1) is 0 Å². The molecule has 3 rings (SSSR count). The van der Waals surface area contributed by atoms with Crippen LogP contribution in [0.3, 0.4) is 0 Å². The number of nitrogens with zero attached hydrogens (tertiary/aromatic N) is 1. The number of para-hydroxylation sites is 1. The second-order valence-electron chi connectivity index (χ2n) is 5.69. The van der Waals surface area contributed by atoms with Gasteiger partial charge in [-0.25, -0.2) is 0 Å². The van der Waals surface area contributed by atoms with Crippen LogP contribution in [0.4, 0.5) is 10.5 Å². The number of nitrogens with one attached hydrogen (secondary N) is 1. The minimum Gasteiger partial charge on any atom is -0.495 e. The number of imide groups is 1. The molecule has 1 N–H and O–H groups in total. The average Bonchev–Trinajstić information content (AvgIpc) is 2.89. The molecule has 0 unspecified atom stereocenters. The van der Waals surface area contributed by atoms with Crippen LogP contribution in [-0.4, -0.2) is 35.6 Å². The van der Waals surface area contributed by atoms with E-state index < -0.39 is 17.1 Å². The second kappa shape index (κ2) is 9.27. The lowest BCUT2D eigenvalue weighted by atomic mass is 10.2.